The Hall–Kier alpha value is -1.62. The fourth-order valence-electron chi connectivity index (χ4n) is 3.85. The normalized spacial score (nSPS) is 20.8. The largest absolute Gasteiger partial charge is 0.342 e. The van der Waals surface area contributed by atoms with E-state index < -0.39 is 0 Å². The number of rotatable bonds is 7. The van der Waals surface area contributed by atoms with Crippen LogP contribution in [0.15, 0.2) is 29.9 Å². The molecular weight excluding hydrogens is 330 g/mol. The number of piperidine rings is 1. The Morgan fingerprint density at radius 1 is 1.32 bits per heavy atom. The number of carbonyl (C=O) groups excluding carboxylic acids is 1. The third-order valence-corrected chi connectivity index (χ3v) is 6.37. The molecule has 0 radical (unpaired) electrons. The lowest BCUT2D eigenvalue weighted by Gasteiger charge is -2.33. The number of hydrogen-bond acceptors (Lipinski definition) is 3. The van der Waals surface area contributed by atoms with E-state index in [1.165, 1.54) is 23.5 Å². The third kappa shape index (κ3) is 4.32. The Kier molecular flexibility index (Phi) is 5.20. The molecule has 1 unspecified atom stereocenters. The van der Waals surface area contributed by atoms with Gasteiger partial charge in [-0.3, -0.25) is 4.79 Å². The minimum atomic E-state index is 0.321. The molecule has 1 saturated carbocycles. The van der Waals surface area contributed by atoms with E-state index in [-0.39, 0.29) is 0 Å². The number of hydrogen-bond donors (Lipinski definition) is 0. The van der Waals surface area contributed by atoms with Crippen LogP contribution in [0.1, 0.15) is 55.1 Å². The van der Waals surface area contributed by atoms with E-state index in [0.29, 0.717) is 18.2 Å². The van der Waals surface area contributed by atoms with Crippen LogP contribution in [-0.4, -0.2) is 33.4 Å². The van der Waals surface area contributed by atoms with Gasteiger partial charge in [0.25, 0.3) is 0 Å². The predicted molar refractivity (Wildman–Crippen MR) is 101 cm³/mol. The van der Waals surface area contributed by atoms with Crippen LogP contribution >= 0.6 is 11.3 Å². The van der Waals surface area contributed by atoms with Crippen LogP contribution in [0.25, 0.3) is 0 Å². The van der Waals surface area contributed by atoms with Crippen molar-refractivity contribution in [1.82, 2.24) is 14.5 Å². The van der Waals surface area contributed by atoms with Crippen molar-refractivity contribution in [3.05, 3.63) is 40.6 Å². The zero-order valence-electron chi connectivity index (χ0n) is 14.8. The average Bonchev–Trinajstić information content (AvgIpc) is 3.10. The summed E-state index contributed by atoms with van der Waals surface area (Å²) in [4.78, 5) is 20.7. The summed E-state index contributed by atoms with van der Waals surface area (Å²) in [6.45, 7) is 2.87. The highest BCUT2D eigenvalue weighted by Gasteiger charge is 2.29. The zero-order valence-corrected chi connectivity index (χ0v) is 15.6. The molecule has 4 nitrogen and oxygen atoms in total. The van der Waals surface area contributed by atoms with Gasteiger partial charge in [-0.1, -0.05) is 6.07 Å². The summed E-state index contributed by atoms with van der Waals surface area (Å²) in [5.41, 5.74) is 0. The number of carbonyl (C=O) groups is 1. The number of aromatic nitrogens is 2. The van der Waals surface area contributed by atoms with Gasteiger partial charge in [0, 0.05) is 49.2 Å². The first-order valence-electron chi connectivity index (χ1n) is 9.61. The summed E-state index contributed by atoms with van der Waals surface area (Å²) in [5.74, 6) is 2.78. The zero-order chi connectivity index (χ0) is 17.1. The first-order chi connectivity index (χ1) is 12.3. The monoisotopic (exact) mass is 357 g/mol. The van der Waals surface area contributed by atoms with Crippen LogP contribution in [-0.2, 0) is 17.8 Å². The van der Waals surface area contributed by atoms with Gasteiger partial charge in [0.15, 0.2) is 0 Å². The smallest absolute Gasteiger partial charge is 0.222 e. The van der Waals surface area contributed by atoms with E-state index in [2.05, 4.69) is 38.2 Å². The molecule has 1 saturated heterocycles. The molecule has 1 atom stereocenters. The third-order valence-electron chi connectivity index (χ3n) is 5.43. The second-order valence-corrected chi connectivity index (χ2v) is 8.53. The molecule has 0 aromatic carbocycles. The van der Waals surface area contributed by atoms with Crippen LogP contribution in [0.4, 0.5) is 0 Å². The van der Waals surface area contributed by atoms with Gasteiger partial charge in [0.05, 0.1) is 0 Å². The topological polar surface area (TPSA) is 38.1 Å². The number of thiophene rings is 1. The molecule has 3 heterocycles. The van der Waals surface area contributed by atoms with Crippen LogP contribution in [0.3, 0.4) is 0 Å². The van der Waals surface area contributed by atoms with Crippen molar-refractivity contribution in [3.8, 4) is 0 Å². The highest BCUT2D eigenvalue weighted by Crippen LogP contribution is 2.33. The highest BCUT2D eigenvalue weighted by molar-refractivity contribution is 7.09. The van der Waals surface area contributed by atoms with Gasteiger partial charge in [-0.05, 0) is 55.9 Å². The summed E-state index contributed by atoms with van der Waals surface area (Å²) in [7, 11) is 0. The molecule has 5 heteroatoms. The number of likely N-dealkylation sites (tertiary alicyclic amines) is 1. The second kappa shape index (κ2) is 7.73. The Balaban J connectivity index is 1.31. The highest BCUT2D eigenvalue weighted by atomic mass is 32.1. The van der Waals surface area contributed by atoms with Crippen LogP contribution in [0.5, 0.6) is 0 Å². The molecule has 0 N–H and O–H groups in total. The molecule has 2 fully saturated rings. The van der Waals surface area contributed by atoms with Gasteiger partial charge >= 0.3 is 0 Å². The molecule has 0 spiro atoms. The number of nitrogens with zero attached hydrogens (tertiary/aromatic N) is 3. The number of imidazole rings is 1. The molecule has 2 aromatic rings. The Bertz CT molecular complexity index is 690. The first kappa shape index (κ1) is 16.8. The van der Waals surface area contributed by atoms with Gasteiger partial charge in [0.1, 0.15) is 5.82 Å². The molecule has 2 aromatic heterocycles. The quantitative estimate of drug-likeness (QED) is 0.749. The van der Waals surface area contributed by atoms with Gasteiger partial charge < -0.3 is 9.47 Å². The van der Waals surface area contributed by atoms with Crippen molar-refractivity contribution in [3.63, 3.8) is 0 Å². The summed E-state index contributed by atoms with van der Waals surface area (Å²) in [5, 5.41) is 2.11. The minimum absolute atomic E-state index is 0.321. The maximum Gasteiger partial charge on any atom is 0.222 e. The Morgan fingerprint density at radius 3 is 3.04 bits per heavy atom. The second-order valence-electron chi connectivity index (χ2n) is 7.49. The summed E-state index contributed by atoms with van der Waals surface area (Å²) >= 11 is 1.78. The lowest BCUT2D eigenvalue weighted by Crippen LogP contribution is -2.39. The summed E-state index contributed by atoms with van der Waals surface area (Å²) in [6.07, 6.45) is 11.7. The summed E-state index contributed by atoms with van der Waals surface area (Å²) in [6, 6.07) is 4.24. The van der Waals surface area contributed by atoms with Crippen molar-refractivity contribution >= 4 is 17.2 Å². The van der Waals surface area contributed by atoms with E-state index in [1.807, 2.05) is 6.20 Å². The molecule has 2 aliphatic rings. The van der Waals surface area contributed by atoms with Crippen molar-refractivity contribution < 1.29 is 4.79 Å². The van der Waals surface area contributed by atoms with Crippen LogP contribution < -0.4 is 0 Å². The summed E-state index contributed by atoms with van der Waals surface area (Å²) < 4.78 is 2.34. The number of amides is 1. The van der Waals surface area contributed by atoms with E-state index in [0.717, 1.165) is 51.2 Å². The van der Waals surface area contributed by atoms with Crippen molar-refractivity contribution in [2.75, 3.05) is 13.1 Å². The van der Waals surface area contributed by atoms with Crippen molar-refractivity contribution in [1.29, 1.82) is 0 Å². The molecule has 4 rings (SSSR count). The molecule has 1 amide bonds. The van der Waals surface area contributed by atoms with E-state index in [4.69, 9.17) is 0 Å². The molecule has 0 bridgehead atoms. The van der Waals surface area contributed by atoms with Crippen molar-refractivity contribution in [2.45, 2.75) is 57.4 Å². The van der Waals surface area contributed by atoms with Gasteiger partial charge in [-0.15, -0.1) is 11.3 Å². The molecule has 134 valence electrons. The maximum absolute atomic E-state index is 12.6. The van der Waals surface area contributed by atoms with E-state index in [1.54, 1.807) is 11.3 Å². The van der Waals surface area contributed by atoms with Crippen LogP contribution in [0.2, 0.25) is 0 Å². The van der Waals surface area contributed by atoms with E-state index in [9.17, 15) is 4.79 Å². The molecule has 1 aliphatic carbocycles. The van der Waals surface area contributed by atoms with Crippen molar-refractivity contribution in [2.24, 2.45) is 5.92 Å². The van der Waals surface area contributed by atoms with Crippen LogP contribution in [0, 0.1) is 5.92 Å². The van der Waals surface area contributed by atoms with Gasteiger partial charge in [-0.2, -0.15) is 0 Å². The standard InChI is InChI=1S/C20H27N3OS/c24-19(7-1-5-18-6-3-13-25-18)22-11-2-4-17(15-22)20-21-10-12-23(20)14-16-8-9-16/h3,6,10,12-13,16-17H,1-2,4-5,7-9,11,14-15H2. The minimum Gasteiger partial charge on any atom is -0.342 e. The first-order valence-corrected chi connectivity index (χ1v) is 10.5. The number of aryl methyl sites for hydroxylation is 1. The predicted octanol–water partition coefficient (Wildman–Crippen LogP) is 4.08. The SMILES string of the molecule is O=C(CCCc1cccs1)N1CCCC(c2nccn2CC2CC2)C1. The Labute approximate surface area is 153 Å². The van der Waals surface area contributed by atoms with Gasteiger partial charge in [0.2, 0.25) is 5.91 Å². The lowest BCUT2D eigenvalue weighted by molar-refractivity contribution is -0.132. The fraction of sp³-hybridized carbons (Fsp3) is 0.600. The van der Waals surface area contributed by atoms with Gasteiger partial charge in [-0.25, -0.2) is 4.98 Å². The molecule has 1 aliphatic heterocycles. The van der Waals surface area contributed by atoms with E-state index >= 15 is 0 Å². The Morgan fingerprint density at radius 2 is 2.24 bits per heavy atom. The maximum atomic E-state index is 12.6. The lowest BCUT2D eigenvalue weighted by atomic mass is 9.96. The average molecular weight is 358 g/mol. The fourth-order valence-corrected chi connectivity index (χ4v) is 4.61. The molecular formula is C20H27N3OS. The molecule has 25 heavy (non-hydrogen) atoms.